The van der Waals surface area contributed by atoms with Gasteiger partial charge in [0.2, 0.25) is 11.8 Å². The Morgan fingerprint density at radius 2 is 2.00 bits per heavy atom. The van der Waals surface area contributed by atoms with Crippen LogP contribution < -0.4 is 21.8 Å². The molecule has 1 aliphatic carbocycles. The van der Waals surface area contributed by atoms with Crippen molar-refractivity contribution in [1.29, 1.82) is 0 Å². The highest BCUT2D eigenvalue weighted by Crippen LogP contribution is 2.23. The second-order valence-electron chi connectivity index (χ2n) is 9.05. The molecule has 0 amide bonds. The van der Waals surface area contributed by atoms with Gasteiger partial charge in [0.05, 0.1) is 31.5 Å². The van der Waals surface area contributed by atoms with E-state index in [9.17, 15) is 9.90 Å². The number of nitrogens with one attached hydrogen (secondary N) is 3. The first kappa shape index (κ1) is 22.4. The molecule has 12 nitrogen and oxygen atoms in total. The number of hydrogen-bond donors (Lipinski definition) is 4. The topological polar surface area (TPSA) is 149 Å². The second-order valence-corrected chi connectivity index (χ2v) is 9.05. The van der Waals surface area contributed by atoms with E-state index in [-0.39, 0.29) is 23.7 Å². The smallest absolute Gasteiger partial charge is 0.326 e. The summed E-state index contributed by atoms with van der Waals surface area (Å²) >= 11 is 0. The fourth-order valence-electron chi connectivity index (χ4n) is 4.26. The number of aromatic hydroxyl groups is 1. The van der Waals surface area contributed by atoms with E-state index < -0.39 is 5.69 Å². The van der Waals surface area contributed by atoms with Gasteiger partial charge in [-0.25, -0.2) is 9.79 Å². The molecule has 4 N–H and O–H groups in total. The van der Waals surface area contributed by atoms with Crippen LogP contribution in [0.3, 0.4) is 0 Å². The van der Waals surface area contributed by atoms with E-state index in [4.69, 9.17) is 19.7 Å². The zero-order valence-electron chi connectivity index (χ0n) is 19.6. The van der Waals surface area contributed by atoms with E-state index in [1.807, 2.05) is 18.2 Å². The van der Waals surface area contributed by atoms with E-state index in [2.05, 4.69) is 37.4 Å². The number of H-pyrrole nitrogens is 2. The number of morpholine rings is 1. The molecule has 2 aliphatic rings. The summed E-state index contributed by atoms with van der Waals surface area (Å²) in [5.74, 6) is 0.190. The van der Waals surface area contributed by atoms with E-state index in [0.29, 0.717) is 22.4 Å². The molecule has 1 atom stereocenters. The number of anilines is 1. The normalized spacial score (nSPS) is 18.7. The fraction of sp³-hybridized carbons (Fsp3) is 0.375. The van der Waals surface area contributed by atoms with Crippen LogP contribution in [0.2, 0.25) is 0 Å². The number of fused-ring (bicyclic) bond motifs is 1. The summed E-state index contributed by atoms with van der Waals surface area (Å²) < 4.78 is 7.11. The molecule has 2 fully saturated rings. The molecule has 3 aromatic heterocycles. The standard InChI is InChI=1S/C24H27N9O3/c34-21-18(28-24(35)30-21)12-16-13-25-33-20(16)29-22(31-23(33)26-17-6-7-17)27-19(15-4-2-1-3-5-15)14-32-8-10-36-11-9-32/h1-5,12-13,17,19,34H,6-11,14H2,(H,26,27,31)(H2,28,30,35)/b16-12+. The maximum absolute atomic E-state index is 11.6. The number of aromatic nitrogens is 6. The van der Waals surface area contributed by atoms with Crippen molar-refractivity contribution in [3.8, 4) is 5.88 Å². The zero-order chi connectivity index (χ0) is 24.5. The van der Waals surface area contributed by atoms with Gasteiger partial charge >= 0.3 is 5.69 Å². The van der Waals surface area contributed by atoms with Gasteiger partial charge in [-0.15, -0.1) is 0 Å². The summed E-state index contributed by atoms with van der Waals surface area (Å²) in [5.41, 5.74) is 1.87. The lowest BCUT2D eigenvalue weighted by Crippen LogP contribution is -2.40. The number of rotatable bonds is 7. The minimum absolute atomic E-state index is 0.0547. The quantitative estimate of drug-likeness (QED) is 0.282. The molecule has 1 aromatic carbocycles. The Bertz CT molecular complexity index is 1530. The van der Waals surface area contributed by atoms with Crippen LogP contribution in [-0.4, -0.2) is 78.4 Å². The third-order valence-corrected chi connectivity index (χ3v) is 6.31. The Morgan fingerprint density at radius 1 is 1.19 bits per heavy atom. The molecule has 1 saturated heterocycles. The summed E-state index contributed by atoms with van der Waals surface area (Å²) in [6.07, 6.45) is 5.29. The highest BCUT2D eigenvalue weighted by molar-refractivity contribution is 5.57. The maximum Gasteiger partial charge on any atom is 0.326 e. The number of aromatic amines is 2. The van der Waals surface area contributed by atoms with Crippen LogP contribution in [0.5, 0.6) is 5.88 Å². The molecule has 0 bridgehead atoms. The lowest BCUT2D eigenvalue weighted by Gasteiger charge is -2.31. The molecule has 12 heteroatoms. The third-order valence-electron chi connectivity index (χ3n) is 6.31. The van der Waals surface area contributed by atoms with Crippen molar-refractivity contribution in [2.24, 2.45) is 4.99 Å². The molecular formula is C24H27N9O3. The molecule has 6 rings (SSSR count). The van der Waals surface area contributed by atoms with E-state index >= 15 is 0 Å². The number of benzene rings is 1. The van der Waals surface area contributed by atoms with Crippen molar-refractivity contribution in [2.75, 3.05) is 38.2 Å². The number of hydrogen-bond acceptors (Lipinski definition) is 9. The van der Waals surface area contributed by atoms with Crippen molar-refractivity contribution in [1.82, 2.24) is 34.4 Å². The van der Waals surface area contributed by atoms with Crippen LogP contribution >= 0.6 is 0 Å². The SMILES string of the molecule is O=c1[nH]c(O)c(/C=c2\cnn3c(=NC4CC4)nc(NC(CN4CCOCC4)c4ccccc4)nc23)[nH]1. The van der Waals surface area contributed by atoms with Crippen LogP contribution in [0.1, 0.15) is 30.1 Å². The van der Waals surface area contributed by atoms with Crippen molar-refractivity contribution in [3.63, 3.8) is 0 Å². The van der Waals surface area contributed by atoms with Gasteiger partial charge < -0.3 is 20.1 Å². The highest BCUT2D eigenvalue weighted by Gasteiger charge is 2.22. The predicted octanol–water partition coefficient (Wildman–Crippen LogP) is -0.0575. The summed E-state index contributed by atoms with van der Waals surface area (Å²) in [6.45, 7) is 3.95. The second kappa shape index (κ2) is 9.55. The average molecular weight is 490 g/mol. The van der Waals surface area contributed by atoms with Crippen molar-refractivity contribution in [3.05, 3.63) is 69.1 Å². The fourth-order valence-corrected chi connectivity index (χ4v) is 4.26. The first-order valence-corrected chi connectivity index (χ1v) is 12.1. The molecule has 36 heavy (non-hydrogen) atoms. The maximum atomic E-state index is 11.6. The zero-order valence-corrected chi connectivity index (χ0v) is 19.6. The van der Waals surface area contributed by atoms with Crippen molar-refractivity contribution >= 4 is 17.7 Å². The van der Waals surface area contributed by atoms with Crippen LogP contribution in [0.15, 0.2) is 46.3 Å². The number of ether oxygens (including phenoxy) is 1. The third kappa shape index (κ3) is 4.86. The molecule has 4 aromatic rings. The Kier molecular flexibility index (Phi) is 5.95. The Labute approximate surface area is 205 Å². The number of imidazole rings is 1. The van der Waals surface area contributed by atoms with Gasteiger partial charge in [0.25, 0.3) is 5.62 Å². The summed E-state index contributed by atoms with van der Waals surface area (Å²) in [7, 11) is 0. The van der Waals surface area contributed by atoms with E-state index in [0.717, 1.165) is 51.3 Å². The number of nitrogens with zero attached hydrogens (tertiary/aromatic N) is 6. The molecule has 1 unspecified atom stereocenters. The highest BCUT2D eigenvalue weighted by atomic mass is 16.5. The molecule has 0 spiro atoms. The van der Waals surface area contributed by atoms with Crippen LogP contribution in [0, 0.1) is 0 Å². The van der Waals surface area contributed by atoms with Crippen LogP contribution in [0.4, 0.5) is 5.95 Å². The van der Waals surface area contributed by atoms with Gasteiger partial charge in [-0.05, 0) is 24.5 Å². The summed E-state index contributed by atoms with van der Waals surface area (Å²) in [5, 5.41) is 18.6. The first-order valence-electron chi connectivity index (χ1n) is 12.1. The largest absolute Gasteiger partial charge is 0.493 e. The lowest BCUT2D eigenvalue weighted by molar-refractivity contribution is 0.0360. The van der Waals surface area contributed by atoms with Crippen molar-refractivity contribution in [2.45, 2.75) is 24.9 Å². The minimum Gasteiger partial charge on any atom is -0.493 e. The molecule has 1 aliphatic heterocycles. The molecular weight excluding hydrogens is 462 g/mol. The lowest BCUT2D eigenvalue weighted by atomic mass is 10.1. The first-order chi connectivity index (χ1) is 17.6. The van der Waals surface area contributed by atoms with Gasteiger partial charge in [-0.1, -0.05) is 30.3 Å². The molecule has 186 valence electrons. The van der Waals surface area contributed by atoms with E-state index in [1.165, 1.54) is 0 Å². The average Bonchev–Trinajstić information content (AvgIpc) is 3.53. The van der Waals surface area contributed by atoms with Gasteiger partial charge in [-0.3, -0.25) is 9.88 Å². The minimum atomic E-state index is -0.495. The van der Waals surface area contributed by atoms with Crippen LogP contribution in [0.25, 0.3) is 11.7 Å². The van der Waals surface area contributed by atoms with Gasteiger partial charge in [-0.2, -0.15) is 19.6 Å². The van der Waals surface area contributed by atoms with Gasteiger partial charge in [0.1, 0.15) is 5.69 Å². The Balaban J connectivity index is 1.42. The van der Waals surface area contributed by atoms with Crippen molar-refractivity contribution < 1.29 is 9.84 Å². The summed E-state index contributed by atoms with van der Waals surface area (Å²) in [6, 6.07) is 10.4. The van der Waals surface area contributed by atoms with Gasteiger partial charge in [0, 0.05) is 24.9 Å². The molecule has 1 saturated carbocycles. The summed E-state index contributed by atoms with van der Waals surface area (Å²) in [4.78, 5) is 33.1. The molecule has 4 heterocycles. The predicted molar refractivity (Wildman–Crippen MR) is 131 cm³/mol. The Morgan fingerprint density at radius 3 is 2.72 bits per heavy atom. The molecule has 0 radical (unpaired) electrons. The van der Waals surface area contributed by atoms with E-state index in [1.54, 1.807) is 16.8 Å². The monoisotopic (exact) mass is 489 g/mol. The Hall–Kier alpha value is -4.03. The van der Waals surface area contributed by atoms with Crippen LogP contribution in [-0.2, 0) is 4.74 Å². The van der Waals surface area contributed by atoms with Gasteiger partial charge in [0.15, 0.2) is 5.65 Å².